The van der Waals surface area contributed by atoms with Crippen LogP contribution in [0.1, 0.15) is 29.0 Å². The van der Waals surface area contributed by atoms with Crippen LogP contribution in [0.5, 0.6) is 0 Å². The summed E-state index contributed by atoms with van der Waals surface area (Å²) in [5.74, 6) is -0.303. The van der Waals surface area contributed by atoms with Crippen LogP contribution in [-0.2, 0) is 11.3 Å². The Balaban J connectivity index is 1.88. The maximum absolute atomic E-state index is 10.5. The Morgan fingerprint density at radius 3 is 3.10 bits per heavy atom. The molecule has 2 N–H and O–H groups in total. The second kappa shape index (κ2) is 7.57. The van der Waals surface area contributed by atoms with Crippen LogP contribution >= 0.6 is 11.3 Å². The first kappa shape index (κ1) is 15.2. The van der Waals surface area contributed by atoms with E-state index in [1.807, 2.05) is 6.07 Å². The number of aliphatic carboxylic acids is 1. The van der Waals surface area contributed by atoms with Gasteiger partial charge in [0, 0.05) is 35.5 Å². The fourth-order valence-corrected chi connectivity index (χ4v) is 3.61. The summed E-state index contributed by atoms with van der Waals surface area (Å²) in [5, 5.41) is 17.6. The second-order valence-electron chi connectivity index (χ2n) is 5.23. The summed E-state index contributed by atoms with van der Waals surface area (Å²) >= 11 is 1.64. The van der Waals surface area contributed by atoms with Crippen molar-refractivity contribution in [3.05, 3.63) is 28.0 Å². The number of hydrogen-bond acceptors (Lipinski definition) is 4. The van der Waals surface area contributed by atoms with E-state index in [9.17, 15) is 4.79 Å². The minimum atomic E-state index is -0.914. The van der Waals surface area contributed by atoms with Crippen molar-refractivity contribution in [1.82, 2.24) is 4.90 Å². The molecule has 0 saturated carbocycles. The van der Waals surface area contributed by atoms with Crippen LogP contribution in [0.4, 0.5) is 0 Å². The van der Waals surface area contributed by atoms with E-state index in [-0.39, 0.29) is 6.61 Å². The van der Waals surface area contributed by atoms with Crippen molar-refractivity contribution in [2.24, 2.45) is 5.92 Å². The second-order valence-corrected chi connectivity index (χ2v) is 6.43. The third-order valence-electron chi connectivity index (χ3n) is 3.59. The van der Waals surface area contributed by atoms with Crippen LogP contribution in [0, 0.1) is 5.92 Å². The fourth-order valence-electron chi connectivity index (χ4n) is 2.66. The number of aliphatic hydroxyl groups excluding tert-OH is 1. The van der Waals surface area contributed by atoms with Gasteiger partial charge in [-0.05, 0) is 49.9 Å². The molecule has 1 saturated heterocycles. The predicted octanol–water partition coefficient (Wildman–Crippen LogP) is 2.44. The lowest BCUT2D eigenvalue weighted by atomic mass is 9.95. The molecular formula is C15H21NO3S. The van der Waals surface area contributed by atoms with Gasteiger partial charge in [-0.2, -0.15) is 0 Å². The van der Waals surface area contributed by atoms with Crippen LogP contribution < -0.4 is 0 Å². The molecule has 1 fully saturated rings. The highest BCUT2D eigenvalue weighted by molar-refractivity contribution is 7.12. The quantitative estimate of drug-likeness (QED) is 0.791. The molecule has 110 valence electrons. The first-order valence-corrected chi connectivity index (χ1v) is 7.82. The summed E-state index contributed by atoms with van der Waals surface area (Å²) in [7, 11) is 0. The third-order valence-corrected chi connectivity index (χ3v) is 4.63. The summed E-state index contributed by atoms with van der Waals surface area (Å²) in [4.78, 5) is 15.2. The number of carbonyl (C=O) groups is 1. The van der Waals surface area contributed by atoms with E-state index >= 15 is 0 Å². The molecule has 1 aromatic rings. The van der Waals surface area contributed by atoms with Gasteiger partial charge in [0.15, 0.2) is 0 Å². The van der Waals surface area contributed by atoms with Crippen LogP contribution in [0.3, 0.4) is 0 Å². The molecule has 20 heavy (non-hydrogen) atoms. The van der Waals surface area contributed by atoms with E-state index in [1.54, 1.807) is 17.4 Å². The Morgan fingerprint density at radius 1 is 1.50 bits per heavy atom. The van der Waals surface area contributed by atoms with E-state index in [4.69, 9.17) is 10.2 Å². The van der Waals surface area contributed by atoms with Gasteiger partial charge in [-0.1, -0.05) is 0 Å². The Bertz CT molecular complexity index is 467. The summed E-state index contributed by atoms with van der Waals surface area (Å²) in [6.45, 7) is 3.37. The molecular weight excluding hydrogens is 274 g/mol. The lowest BCUT2D eigenvalue weighted by Crippen LogP contribution is -2.35. The van der Waals surface area contributed by atoms with Crippen molar-refractivity contribution in [3.63, 3.8) is 0 Å². The summed E-state index contributed by atoms with van der Waals surface area (Å²) in [6.07, 6.45) is 6.12. The van der Waals surface area contributed by atoms with Crippen molar-refractivity contribution in [2.45, 2.75) is 25.8 Å². The minimum Gasteiger partial charge on any atom is -0.478 e. The highest BCUT2D eigenvalue weighted by Crippen LogP contribution is 2.24. The van der Waals surface area contributed by atoms with E-state index < -0.39 is 5.97 Å². The van der Waals surface area contributed by atoms with Crippen LogP contribution in [-0.4, -0.2) is 40.8 Å². The third kappa shape index (κ3) is 4.74. The molecule has 2 rings (SSSR count). The van der Waals surface area contributed by atoms with E-state index in [0.717, 1.165) is 30.9 Å². The van der Waals surface area contributed by atoms with Crippen LogP contribution in [0.25, 0.3) is 6.08 Å². The van der Waals surface area contributed by atoms with E-state index in [0.29, 0.717) is 5.92 Å². The number of likely N-dealkylation sites (tertiary alicyclic amines) is 1. The number of rotatable bonds is 6. The average Bonchev–Trinajstić information content (AvgIpc) is 2.85. The maximum atomic E-state index is 10.5. The Morgan fingerprint density at radius 2 is 2.35 bits per heavy atom. The van der Waals surface area contributed by atoms with Crippen LogP contribution in [0.2, 0.25) is 0 Å². The van der Waals surface area contributed by atoms with Gasteiger partial charge in [0.25, 0.3) is 0 Å². The van der Waals surface area contributed by atoms with Crippen molar-refractivity contribution < 1.29 is 15.0 Å². The Labute approximate surface area is 123 Å². The zero-order valence-electron chi connectivity index (χ0n) is 11.5. The molecule has 1 atom stereocenters. The molecule has 4 nitrogen and oxygen atoms in total. The van der Waals surface area contributed by atoms with Crippen molar-refractivity contribution >= 4 is 23.4 Å². The molecule has 0 radical (unpaired) electrons. The molecule has 1 aliphatic heterocycles. The molecule has 0 bridgehead atoms. The highest BCUT2D eigenvalue weighted by Gasteiger charge is 2.19. The van der Waals surface area contributed by atoms with Crippen molar-refractivity contribution in [1.29, 1.82) is 0 Å². The fraction of sp³-hybridized carbons (Fsp3) is 0.533. The van der Waals surface area contributed by atoms with Gasteiger partial charge in [0.05, 0.1) is 0 Å². The summed E-state index contributed by atoms with van der Waals surface area (Å²) < 4.78 is 0. The molecule has 1 aromatic heterocycles. The van der Waals surface area contributed by atoms with Crippen molar-refractivity contribution in [3.8, 4) is 0 Å². The largest absolute Gasteiger partial charge is 0.478 e. The van der Waals surface area contributed by atoms with Gasteiger partial charge in [-0.15, -0.1) is 11.3 Å². The zero-order valence-corrected chi connectivity index (χ0v) is 12.3. The number of hydrogen-bond donors (Lipinski definition) is 2. The smallest absolute Gasteiger partial charge is 0.328 e. The van der Waals surface area contributed by atoms with Gasteiger partial charge >= 0.3 is 5.97 Å². The lowest BCUT2D eigenvalue weighted by Gasteiger charge is -2.32. The van der Waals surface area contributed by atoms with Crippen LogP contribution in [0.15, 0.2) is 18.2 Å². The standard InChI is InChI=1S/C15H21NO3S/c17-9-7-12-2-1-8-16(10-12)11-14-4-3-13(20-14)5-6-15(18)19/h3-6,12,17H,1-2,7-11H2,(H,18,19)/b6-5+. The minimum absolute atomic E-state index is 0.279. The van der Waals surface area contributed by atoms with E-state index in [1.165, 1.54) is 23.8 Å². The number of piperidine rings is 1. The SMILES string of the molecule is O=C(O)/C=C/c1ccc(CN2CCCC(CCO)C2)s1. The lowest BCUT2D eigenvalue weighted by molar-refractivity contribution is -0.131. The predicted molar refractivity (Wildman–Crippen MR) is 80.7 cm³/mol. The van der Waals surface area contributed by atoms with E-state index in [2.05, 4.69) is 11.0 Å². The molecule has 5 heteroatoms. The van der Waals surface area contributed by atoms with Gasteiger partial charge in [0.1, 0.15) is 0 Å². The number of thiophene rings is 1. The molecule has 0 spiro atoms. The number of carboxylic acids is 1. The van der Waals surface area contributed by atoms with Gasteiger partial charge in [-0.25, -0.2) is 4.79 Å². The molecule has 1 unspecified atom stereocenters. The normalized spacial score (nSPS) is 20.6. The van der Waals surface area contributed by atoms with Gasteiger partial charge in [-0.3, -0.25) is 4.90 Å². The Kier molecular flexibility index (Phi) is 5.76. The average molecular weight is 295 g/mol. The van der Waals surface area contributed by atoms with Gasteiger partial charge < -0.3 is 10.2 Å². The molecule has 0 aliphatic carbocycles. The first-order valence-electron chi connectivity index (χ1n) is 7.00. The number of nitrogens with zero attached hydrogens (tertiary/aromatic N) is 1. The summed E-state index contributed by atoms with van der Waals surface area (Å²) in [5.41, 5.74) is 0. The topological polar surface area (TPSA) is 60.8 Å². The zero-order chi connectivity index (χ0) is 14.4. The molecule has 1 aliphatic rings. The number of carboxylic acid groups (broad SMARTS) is 1. The molecule has 0 aromatic carbocycles. The molecule has 0 amide bonds. The Hall–Kier alpha value is -1.17. The number of aliphatic hydroxyl groups is 1. The maximum Gasteiger partial charge on any atom is 0.328 e. The van der Waals surface area contributed by atoms with Gasteiger partial charge in [0.2, 0.25) is 0 Å². The summed E-state index contributed by atoms with van der Waals surface area (Å²) in [6, 6.07) is 4.04. The first-order chi connectivity index (χ1) is 9.67. The monoisotopic (exact) mass is 295 g/mol. The van der Waals surface area contributed by atoms with Crippen molar-refractivity contribution in [2.75, 3.05) is 19.7 Å². The molecule has 2 heterocycles. The highest BCUT2D eigenvalue weighted by atomic mass is 32.1.